The molecule has 0 radical (unpaired) electrons. The average molecular weight is 607 g/mol. The maximum atomic E-state index is 11.3. The highest BCUT2D eigenvalue weighted by Crippen LogP contribution is 2.50. The average Bonchev–Trinajstić information content (AvgIpc) is 2.92. The summed E-state index contributed by atoms with van der Waals surface area (Å²) >= 11 is 0. The number of carbonyl (C=O) groups excluding carboxylic acids is 2. The molecule has 4 aliphatic rings. The van der Waals surface area contributed by atoms with Crippen LogP contribution in [0.5, 0.6) is 0 Å². The molecular weight excluding hydrogens is 560 g/mol. The Morgan fingerprint density at radius 3 is 2.02 bits per heavy atom. The minimum atomic E-state index is -0.148. The van der Waals surface area contributed by atoms with Gasteiger partial charge >= 0.3 is 0 Å². The predicted molar refractivity (Wildman–Crippen MR) is 171 cm³/mol. The molecule has 0 spiro atoms. The van der Waals surface area contributed by atoms with Crippen molar-refractivity contribution in [1.82, 2.24) is 5.43 Å². The molecule has 234 valence electrons. The number of carbonyl (C=O) groups is 2. The molecule has 14 N–H and O–H groups in total. The molecule has 4 atom stereocenters. The van der Waals surface area contributed by atoms with Gasteiger partial charge in [-0.15, -0.1) is 22.6 Å². The SMILES string of the molecule is C[C@]12CC/C(=N\NC(=N)N)C=C1CCC[C@@H]2C=NN=C(N)N.C[C@]12CCC(=O)C=C1CCC[C@@H]2C=O.Cl.NN=C(N)N. The van der Waals surface area contributed by atoms with Crippen LogP contribution in [0.2, 0.25) is 0 Å². The third-order valence-electron chi connectivity index (χ3n) is 8.55. The molecular formula is C27H47ClN12O2. The first-order chi connectivity index (χ1) is 19.3. The molecule has 0 aromatic carbocycles. The number of fused-ring (bicyclic) bond motifs is 2. The van der Waals surface area contributed by atoms with E-state index in [2.05, 4.69) is 51.6 Å². The number of ketones is 1. The van der Waals surface area contributed by atoms with Crippen molar-refractivity contribution in [3.63, 3.8) is 0 Å². The molecule has 4 rings (SSSR count). The molecule has 4 aliphatic carbocycles. The largest absolute Gasteiger partial charge is 0.369 e. The summed E-state index contributed by atoms with van der Waals surface area (Å²) in [6, 6.07) is 0. The van der Waals surface area contributed by atoms with E-state index in [1.807, 2.05) is 6.21 Å². The maximum Gasteiger partial charge on any atom is 0.211 e. The van der Waals surface area contributed by atoms with Gasteiger partial charge in [-0.2, -0.15) is 10.2 Å². The van der Waals surface area contributed by atoms with Crippen LogP contribution in [0.15, 0.2) is 43.7 Å². The number of hydrogen-bond acceptors (Lipinski definition) is 8. The standard InChI is InChI=1S/C14H24N8.C12H16O2.CH6N4.ClH/c1-14-6-5-11(20-22-13(17)18)7-9(14)3-2-4-10(14)8-19-21-12(15)16;1-12-6-5-11(14)7-9(12)3-2-4-10(12)8-13;2-1(3)5-4;/h7-8,10H,2-6H2,1H3,(H4,15,16,21)(H4,17,18,22);7-8,10H,2-6H2,1H3;4H2,(H4,2,3,5);1H/b19-8?,20-11+;;;/t10-,14+;10-,12+;;/m11../s1. The topological polar surface area (TPSA) is 276 Å². The maximum absolute atomic E-state index is 11.3. The van der Waals surface area contributed by atoms with Crippen LogP contribution in [0.4, 0.5) is 0 Å². The van der Waals surface area contributed by atoms with E-state index in [4.69, 9.17) is 34.1 Å². The number of hydrogen-bond donors (Lipinski definition) is 8. The molecule has 0 saturated heterocycles. The molecule has 0 aromatic rings. The van der Waals surface area contributed by atoms with Gasteiger partial charge in [0.1, 0.15) is 6.29 Å². The number of nitrogens with one attached hydrogen (secondary N) is 2. The Balaban J connectivity index is 0.000000377. The Hall–Kier alpha value is -3.94. The summed E-state index contributed by atoms with van der Waals surface area (Å²) in [6.07, 6.45) is 16.5. The van der Waals surface area contributed by atoms with Crippen LogP contribution in [-0.4, -0.2) is 41.9 Å². The van der Waals surface area contributed by atoms with E-state index in [9.17, 15) is 9.59 Å². The summed E-state index contributed by atoms with van der Waals surface area (Å²) in [4.78, 5) is 22.3. The molecule has 15 heteroatoms. The van der Waals surface area contributed by atoms with Crippen molar-refractivity contribution in [2.75, 3.05) is 0 Å². The first-order valence-corrected chi connectivity index (χ1v) is 13.8. The Kier molecular flexibility index (Phi) is 14.2. The van der Waals surface area contributed by atoms with Crippen molar-refractivity contribution in [3.05, 3.63) is 23.3 Å². The van der Waals surface area contributed by atoms with Crippen molar-refractivity contribution in [3.8, 4) is 0 Å². The van der Waals surface area contributed by atoms with Crippen LogP contribution < -0.4 is 39.9 Å². The van der Waals surface area contributed by atoms with Crippen LogP contribution in [-0.2, 0) is 9.59 Å². The summed E-state index contributed by atoms with van der Waals surface area (Å²) in [5.74, 6) is 4.93. The van der Waals surface area contributed by atoms with Crippen LogP contribution in [0.3, 0.4) is 0 Å². The number of allylic oxidation sites excluding steroid dienone is 4. The monoisotopic (exact) mass is 606 g/mol. The van der Waals surface area contributed by atoms with Crippen molar-refractivity contribution >= 4 is 54.3 Å². The molecule has 42 heavy (non-hydrogen) atoms. The van der Waals surface area contributed by atoms with Crippen LogP contribution in [0, 0.1) is 28.1 Å². The van der Waals surface area contributed by atoms with Gasteiger partial charge in [0.25, 0.3) is 0 Å². The quantitative estimate of drug-likeness (QED) is 0.0754. The van der Waals surface area contributed by atoms with E-state index in [1.54, 1.807) is 6.08 Å². The highest BCUT2D eigenvalue weighted by molar-refractivity contribution is 5.97. The van der Waals surface area contributed by atoms with Gasteiger partial charge in [0.15, 0.2) is 5.78 Å². The first kappa shape index (κ1) is 36.1. The lowest BCUT2D eigenvalue weighted by atomic mass is 9.60. The van der Waals surface area contributed by atoms with E-state index in [0.29, 0.717) is 12.3 Å². The molecule has 14 nitrogen and oxygen atoms in total. The highest BCUT2D eigenvalue weighted by Gasteiger charge is 2.42. The van der Waals surface area contributed by atoms with Gasteiger partial charge in [-0.1, -0.05) is 25.0 Å². The molecule has 0 aromatic heterocycles. The predicted octanol–water partition coefficient (Wildman–Crippen LogP) is 1.45. The van der Waals surface area contributed by atoms with E-state index in [0.717, 1.165) is 69.8 Å². The molecule has 0 bridgehead atoms. The van der Waals surface area contributed by atoms with Gasteiger partial charge in [0.05, 0.1) is 5.71 Å². The number of guanidine groups is 3. The summed E-state index contributed by atoms with van der Waals surface area (Å²) in [6.45, 7) is 4.41. The van der Waals surface area contributed by atoms with Gasteiger partial charge < -0.3 is 39.3 Å². The Morgan fingerprint density at radius 1 is 0.929 bits per heavy atom. The number of hydrazone groups is 2. The number of halogens is 1. The fraction of sp³-hybridized carbons (Fsp3) is 0.593. The lowest BCUT2D eigenvalue weighted by molar-refractivity contribution is -0.119. The van der Waals surface area contributed by atoms with E-state index in [1.165, 1.54) is 11.1 Å². The smallest absolute Gasteiger partial charge is 0.211 e. The zero-order valence-electron chi connectivity index (χ0n) is 24.5. The van der Waals surface area contributed by atoms with E-state index < -0.39 is 0 Å². The molecule has 0 aliphatic heterocycles. The zero-order chi connectivity index (χ0) is 30.6. The van der Waals surface area contributed by atoms with Gasteiger partial charge in [-0.25, -0.2) is 5.43 Å². The van der Waals surface area contributed by atoms with Gasteiger partial charge in [0.2, 0.25) is 17.9 Å². The third kappa shape index (κ3) is 9.86. The summed E-state index contributed by atoms with van der Waals surface area (Å²) in [5.41, 5.74) is 31.4. The van der Waals surface area contributed by atoms with Crippen molar-refractivity contribution in [1.29, 1.82) is 5.41 Å². The fourth-order valence-corrected chi connectivity index (χ4v) is 6.04. The first-order valence-electron chi connectivity index (χ1n) is 13.8. The highest BCUT2D eigenvalue weighted by atomic mass is 35.5. The number of nitrogens with zero attached hydrogens (tertiary/aromatic N) is 4. The molecule has 0 amide bonds. The van der Waals surface area contributed by atoms with Gasteiger partial charge in [-0.05, 0) is 80.8 Å². The van der Waals surface area contributed by atoms with Crippen LogP contribution in [0.25, 0.3) is 0 Å². The summed E-state index contributed by atoms with van der Waals surface area (Å²) in [7, 11) is 0. The van der Waals surface area contributed by atoms with Crippen LogP contribution >= 0.6 is 12.4 Å². The van der Waals surface area contributed by atoms with Crippen LogP contribution in [0.1, 0.15) is 78.1 Å². The van der Waals surface area contributed by atoms with Crippen molar-refractivity contribution < 1.29 is 9.59 Å². The lowest BCUT2D eigenvalue weighted by Crippen LogP contribution is -2.38. The molecule has 0 unspecified atom stereocenters. The molecule has 2 fully saturated rings. The minimum Gasteiger partial charge on any atom is -0.369 e. The Bertz CT molecular complexity index is 1150. The van der Waals surface area contributed by atoms with E-state index >= 15 is 0 Å². The van der Waals surface area contributed by atoms with Crippen molar-refractivity contribution in [2.24, 2.45) is 77.6 Å². The summed E-state index contributed by atoms with van der Waals surface area (Å²) in [5, 5.41) is 21.9. The Labute approximate surface area is 253 Å². The van der Waals surface area contributed by atoms with Gasteiger partial charge in [-0.3, -0.25) is 10.2 Å². The third-order valence-corrected chi connectivity index (χ3v) is 8.55. The Morgan fingerprint density at radius 2 is 1.48 bits per heavy atom. The second-order valence-electron chi connectivity index (χ2n) is 11.2. The number of nitrogens with two attached hydrogens (primary N) is 6. The number of rotatable bonds is 4. The lowest BCUT2D eigenvalue weighted by Gasteiger charge is -2.44. The van der Waals surface area contributed by atoms with E-state index in [-0.39, 0.29) is 52.8 Å². The van der Waals surface area contributed by atoms with Crippen molar-refractivity contribution in [2.45, 2.75) is 78.1 Å². The molecule has 2 saturated carbocycles. The second kappa shape index (κ2) is 16.5. The fourth-order valence-electron chi connectivity index (χ4n) is 6.04. The normalized spacial score (nSPS) is 28.8. The summed E-state index contributed by atoms with van der Waals surface area (Å²) < 4.78 is 0. The number of aldehydes is 1. The minimum absolute atomic E-state index is 0. The second-order valence-corrected chi connectivity index (χ2v) is 11.2. The zero-order valence-corrected chi connectivity index (χ0v) is 25.3. The molecule has 0 heterocycles. The van der Waals surface area contributed by atoms with Gasteiger partial charge in [0, 0.05) is 24.5 Å².